The molecule has 0 saturated carbocycles. The summed E-state index contributed by atoms with van der Waals surface area (Å²) >= 11 is 1.63. The van der Waals surface area contributed by atoms with Crippen molar-refractivity contribution in [3.8, 4) is 5.75 Å². The standard InChI is InChI=1S/C23H27N3O3S/c1-4-25(5-2)23(27)29-26-16-21(19-9-7-6-8-10-19)24-15-22(26)30-17-18-11-13-20(28-3)14-12-18/h6-16,22H,4-5,17H2,1-3H3. The molecule has 2 aromatic carbocycles. The maximum atomic E-state index is 12.6. The van der Waals surface area contributed by atoms with Crippen LogP contribution in [0.1, 0.15) is 25.0 Å². The zero-order valence-corrected chi connectivity index (χ0v) is 18.3. The molecule has 0 spiro atoms. The molecule has 0 aliphatic carbocycles. The van der Waals surface area contributed by atoms with Gasteiger partial charge < -0.3 is 14.5 Å². The summed E-state index contributed by atoms with van der Waals surface area (Å²) in [6.07, 6.45) is 3.25. The number of carbonyl (C=O) groups excluding carboxylic acids is 1. The number of rotatable bonds is 8. The van der Waals surface area contributed by atoms with E-state index in [2.05, 4.69) is 4.99 Å². The Morgan fingerprint density at radius 1 is 1.10 bits per heavy atom. The second kappa shape index (κ2) is 10.7. The molecule has 6 nitrogen and oxygen atoms in total. The molecule has 0 N–H and O–H groups in total. The van der Waals surface area contributed by atoms with E-state index in [4.69, 9.17) is 9.57 Å². The maximum Gasteiger partial charge on any atom is 0.434 e. The van der Waals surface area contributed by atoms with Gasteiger partial charge in [0.05, 0.1) is 19.0 Å². The molecule has 0 saturated heterocycles. The van der Waals surface area contributed by atoms with E-state index in [1.807, 2.05) is 74.7 Å². The highest BCUT2D eigenvalue weighted by atomic mass is 32.2. The van der Waals surface area contributed by atoms with Crippen molar-refractivity contribution in [2.24, 2.45) is 4.99 Å². The molecule has 158 valence electrons. The topological polar surface area (TPSA) is 54.4 Å². The van der Waals surface area contributed by atoms with Crippen molar-refractivity contribution >= 4 is 29.8 Å². The average molecular weight is 426 g/mol. The SMILES string of the molecule is CCN(CC)C(=O)ON1C=C(c2ccccc2)N=CC1SCc1ccc(OC)cc1. The fourth-order valence-corrected chi connectivity index (χ4v) is 3.88. The first kappa shape index (κ1) is 21.8. The van der Waals surface area contributed by atoms with Crippen LogP contribution in [0.2, 0.25) is 0 Å². The molecule has 7 heteroatoms. The quantitative estimate of drug-likeness (QED) is 0.594. The number of methoxy groups -OCH3 is 1. The maximum absolute atomic E-state index is 12.6. The summed E-state index contributed by atoms with van der Waals surface area (Å²) in [5.74, 6) is 1.57. The van der Waals surface area contributed by atoms with E-state index in [-0.39, 0.29) is 11.5 Å². The van der Waals surface area contributed by atoms with E-state index in [0.717, 1.165) is 28.3 Å². The van der Waals surface area contributed by atoms with Crippen molar-refractivity contribution in [1.82, 2.24) is 9.96 Å². The summed E-state index contributed by atoms with van der Waals surface area (Å²) in [5.41, 5.74) is 2.88. The van der Waals surface area contributed by atoms with Crippen LogP contribution in [-0.4, -0.2) is 47.8 Å². The molecular formula is C23H27N3O3S. The van der Waals surface area contributed by atoms with Gasteiger partial charge in [0.2, 0.25) is 0 Å². The van der Waals surface area contributed by atoms with E-state index in [0.29, 0.717) is 13.1 Å². The second-order valence-electron chi connectivity index (χ2n) is 6.60. The van der Waals surface area contributed by atoms with E-state index in [9.17, 15) is 4.79 Å². The zero-order valence-electron chi connectivity index (χ0n) is 17.5. The van der Waals surface area contributed by atoms with E-state index >= 15 is 0 Å². The number of hydrogen-bond acceptors (Lipinski definition) is 6. The molecule has 1 heterocycles. The Hall–Kier alpha value is -2.93. The highest BCUT2D eigenvalue weighted by Crippen LogP contribution is 2.28. The number of benzene rings is 2. The van der Waals surface area contributed by atoms with Crippen LogP contribution in [-0.2, 0) is 10.6 Å². The zero-order chi connectivity index (χ0) is 21.3. The van der Waals surface area contributed by atoms with E-state index in [1.165, 1.54) is 0 Å². The predicted octanol–water partition coefficient (Wildman–Crippen LogP) is 5.03. The van der Waals surface area contributed by atoms with Gasteiger partial charge in [0.25, 0.3) is 0 Å². The molecule has 0 fully saturated rings. The number of hydroxylamine groups is 2. The lowest BCUT2D eigenvalue weighted by Gasteiger charge is -2.31. The lowest BCUT2D eigenvalue weighted by Crippen LogP contribution is -2.40. The van der Waals surface area contributed by atoms with Crippen LogP contribution in [0.5, 0.6) is 5.75 Å². The van der Waals surface area contributed by atoms with Crippen LogP contribution in [0.3, 0.4) is 0 Å². The minimum absolute atomic E-state index is 0.223. The highest BCUT2D eigenvalue weighted by Gasteiger charge is 2.25. The third kappa shape index (κ3) is 5.57. The predicted molar refractivity (Wildman–Crippen MR) is 122 cm³/mol. The smallest absolute Gasteiger partial charge is 0.434 e. The molecule has 0 radical (unpaired) electrons. The molecule has 3 rings (SSSR count). The summed E-state index contributed by atoms with van der Waals surface area (Å²) in [4.78, 5) is 24.6. The van der Waals surface area contributed by atoms with Gasteiger partial charge in [0.15, 0.2) is 0 Å². The van der Waals surface area contributed by atoms with Crippen molar-refractivity contribution in [3.63, 3.8) is 0 Å². The normalized spacial score (nSPS) is 15.5. The molecule has 30 heavy (non-hydrogen) atoms. The van der Waals surface area contributed by atoms with Crippen LogP contribution in [0.15, 0.2) is 65.8 Å². The van der Waals surface area contributed by atoms with Crippen molar-refractivity contribution in [3.05, 3.63) is 71.9 Å². The lowest BCUT2D eigenvalue weighted by molar-refractivity contribution is -0.0680. The monoisotopic (exact) mass is 425 g/mol. The highest BCUT2D eigenvalue weighted by molar-refractivity contribution is 7.99. The summed E-state index contributed by atoms with van der Waals surface area (Å²) in [6.45, 7) is 5.06. The van der Waals surface area contributed by atoms with Crippen LogP contribution in [0.4, 0.5) is 4.79 Å². The van der Waals surface area contributed by atoms with Gasteiger partial charge >= 0.3 is 6.09 Å². The second-order valence-corrected chi connectivity index (χ2v) is 7.70. The van der Waals surface area contributed by atoms with Crippen LogP contribution in [0.25, 0.3) is 5.70 Å². The Bertz CT molecular complexity index is 880. The summed E-state index contributed by atoms with van der Waals surface area (Å²) in [6, 6.07) is 17.8. The largest absolute Gasteiger partial charge is 0.497 e. The molecule has 0 bridgehead atoms. The van der Waals surface area contributed by atoms with Crippen LogP contribution < -0.4 is 4.74 Å². The Kier molecular flexibility index (Phi) is 7.79. The molecule has 1 unspecified atom stereocenters. The van der Waals surface area contributed by atoms with Gasteiger partial charge in [-0.3, -0.25) is 4.99 Å². The lowest BCUT2D eigenvalue weighted by atomic mass is 10.1. The van der Waals surface area contributed by atoms with Gasteiger partial charge in [-0.25, -0.2) is 4.79 Å². The van der Waals surface area contributed by atoms with Gasteiger partial charge in [-0.1, -0.05) is 42.5 Å². The Morgan fingerprint density at radius 2 is 1.80 bits per heavy atom. The van der Waals surface area contributed by atoms with Gasteiger partial charge in [-0.2, -0.15) is 5.06 Å². The fourth-order valence-electron chi connectivity index (χ4n) is 2.92. The first-order valence-corrected chi connectivity index (χ1v) is 11.0. The fraction of sp³-hybridized carbons (Fsp3) is 0.304. The van der Waals surface area contributed by atoms with Crippen molar-refractivity contribution in [2.45, 2.75) is 25.0 Å². The van der Waals surface area contributed by atoms with Crippen LogP contribution >= 0.6 is 11.8 Å². The summed E-state index contributed by atoms with van der Waals surface area (Å²) < 4.78 is 5.22. The molecule has 1 aliphatic rings. The van der Waals surface area contributed by atoms with Gasteiger partial charge in [-0.05, 0) is 31.5 Å². The number of thioether (sulfide) groups is 1. The van der Waals surface area contributed by atoms with Crippen LogP contribution in [0, 0.1) is 0 Å². The molecule has 0 aromatic heterocycles. The molecule has 1 aliphatic heterocycles. The van der Waals surface area contributed by atoms with Gasteiger partial charge in [0.1, 0.15) is 11.1 Å². The number of hydrogen-bond donors (Lipinski definition) is 0. The van der Waals surface area contributed by atoms with Gasteiger partial charge in [0, 0.05) is 30.6 Å². The Labute approximate surface area is 182 Å². The Balaban J connectivity index is 1.75. The molecule has 1 amide bonds. The summed E-state index contributed by atoms with van der Waals surface area (Å²) in [7, 11) is 1.65. The van der Waals surface area contributed by atoms with Crippen molar-refractivity contribution < 1.29 is 14.4 Å². The number of amides is 1. The number of nitrogens with zero attached hydrogens (tertiary/aromatic N) is 3. The van der Waals surface area contributed by atoms with Crippen molar-refractivity contribution in [2.75, 3.05) is 20.2 Å². The Morgan fingerprint density at radius 3 is 2.43 bits per heavy atom. The number of aliphatic imine (C=N–C) groups is 1. The molecular weight excluding hydrogens is 398 g/mol. The van der Waals surface area contributed by atoms with Crippen molar-refractivity contribution in [1.29, 1.82) is 0 Å². The average Bonchev–Trinajstić information content (AvgIpc) is 2.80. The minimum Gasteiger partial charge on any atom is -0.497 e. The number of carbonyl (C=O) groups is 1. The first-order valence-electron chi connectivity index (χ1n) is 9.95. The number of ether oxygens (including phenoxy) is 1. The minimum atomic E-state index is -0.367. The summed E-state index contributed by atoms with van der Waals surface area (Å²) in [5, 5.41) is 1.38. The third-order valence-electron chi connectivity index (χ3n) is 4.70. The first-order chi connectivity index (χ1) is 14.6. The third-order valence-corrected chi connectivity index (χ3v) is 5.87. The molecule has 1 atom stereocenters. The van der Waals surface area contributed by atoms with Gasteiger partial charge in [-0.15, -0.1) is 11.8 Å². The molecule has 2 aromatic rings. The van der Waals surface area contributed by atoms with E-state index < -0.39 is 0 Å². The van der Waals surface area contributed by atoms with E-state index in [1.54, 1.807) is 35.0 Å².